The molecule has 0 bridgehead atoms. The van der Waals surface area contributed by atoms with Crippen LogP contribution in [0.25, 0.3) is 0 Å². The number of aromatic carboxylic acids is 1. The van der Waals surface area contributed by atoms with Gasteiger partial charge in [0.2, 0.25) is 0 Å². The maximum Gasteiger partial charge on any atom is 0.348 e. The van der Waals surface area contributed by atoms with Gasteiger partial charge in [0.15, 0.2) is 0 Å². The van der Waals surface area contributed by atoms with E-state index < -0.39 is 5.97 Å². The van der Waals surface area contributed by atoms with Crippen LogP contribution in [0.2, 0.25) is 0 Å². The first-order chi connectivity index (χ1) is 9.76. The molecule has 0 atom stereocenters. The zero-order valence-electron chi connectivity index (χ0n) is 10.2. The lowest BCUT2D eigenvalue weighted by atomic mass is 10.5. The largest absolute Gasteiger partial charge is 0.477 e. The molecule has 0 saturated carbocycles. The molecule has 0 unspecified atom stereocenters. The van der Waals surface area contributed by atoms with Crippen LogP contribution in [0.1, 0.15) is 19.3 Å². The van der Waals surface area contributed by atoms with Crippen molar-refractivity contribution in [1.29, 1.82) is 0 Å². The van der Waals surface area contributed by atoms with Gasteiger partial charge in [-0.1, -0.05) is 0 Å². The van der Waals surface area contributed by atoms with Gasteiger partial charge in [0.25, 0.3) is 0 Å². The minimum Gasteiger partial charge on any atom is -0.477 e. The van der Waals surface area contributed by atoms with Crippen molar-refractivity contribution in [2.75, 3.05) is 7.11 Å². The number of ether oxygens (including phenoxy) is 1. The summed E-state index contributed by atoms with van der Waals surface area (Å²) in [7, 11) is 1.36. The van der Waals surface area contributed by atoms with Crippen molar-refractivity contribution in [2.24, 2.45) is 0 Å². The molecule has 0 spiro atoms. The number of carboxylic acid groups (broad SMARTS) is 1. The maximum absolute atomic E-state index is 10.9. The number of hydrogen-bond donors (Lipinski definition) is 1. The molecule has 0 fully saturated rings. The SMILES string of the molecule is COC(=O)c1cc(Br)c(Br)s1.O=C(O)c1cc(Br)c(Br)s1. The van der Waals surface area contributed by atoms with E-state index >= 15 is 0 Å². The van der Waals surface area contributed by atoms with Crippen LogP contribution in [0.3, 0.4) is 0 Å². The topological polar surface area (TPSA) is 63.6 Å². The summed E-state index contributed by atoms with van der Waals surface area (Å²) in [4.78, 5) is 22.2. The number of carboxylic acids is 1. The van der Waals surface area contributed by atoms with Gasteiger partial charge < -0.3 is 9.84 Å². The molecule has 0 aliphatic carbocycles. The predicted molar refractivity (Wildman–Crippen MR) is 97.7 cm³/mol. The second kappa shape index (κ2) is 8.78. The third-order valence-corrected chi connectivity index (χ3v) is 8.37. The molecule has 10 heteroatoms. The van der Waals surface area contributed by atoms with Crippen molar-refractivity contribution < 1.29 is 19.4 Å². The summed E-state index contributed by atoms with van der Waals surface area (Å²) >= 11 is 15.5. The van der Waals surface area contributed by atoms with Gasteiger partial charge >= 0.3 is 11.9 Å². The summed E-state index contributed by atoms with van der Waals surface area (Å²) in [6, 6.07) is 3.29. The molecule has 0 radical (unpaired) electrons. The van der Waals surface area contributed by atoms with E-state index in [1.165, 1.54) is 29.8 Å². The van der Waals surface area contributed by atoms with Crippen LogP contribution in [0.15, 0.2) is 28.7 Å². The van der Waals surface area contributed by atoms with Crippen LogP contribution in [0.5, 0.6) is 0 Å². The molecule has 2 rings (SSSR count). The minimum absolute atomic E-state index is 0.304. The van der Waals surface area contributed by atoms with E-state index in [2.05, 4.69) is 68.5 Å². The Hall–Kier alpha value is 0.260. The quantitative estimate of drug-likeness (QED) is 0.437. The van der Waals surface area contributed by atoms with Crippen LogP contribution >= 0.6 is 86.4 Å². The van der Waals surface area contributed by atoms with Gasteiger partial charge in [-0.3, -0.25) is 0 Å². The van der Waals surface area contributed by atoms with Crippen molar-refractivity contribution in [3.8, 4) is 0 Å². The molecule has 4 nitrogen and oxygen atoms in total. The molecule has 0 aliphatic rings. The first-order valence-electron chi connectivity index (χ1n) is 4.97. The van der Waals surface area contributed by atoms with Crippen LogP contribution in [-0.2, 0) is 4.74 Å². The Morgan fingerprint density at radius 1 is 1.00 bits per heavy atom. The third-order valence-electron chi connectivity index (χ3n) is 1.89. The van der Waals surface area contributed by atoms with Crippen LogP contribution in [0, 0.1) is 0 Å². The number of halogens is 4. The van der Waals surface area contributed by atoms with E-state index in [0.717, 1.165) is 16.5 Å². The second-order valence-electron chi connectivity index (χ2n) is 3.26. The number of methoxy groups -OCH3 is 1. The summed E-state index contributed by atoms with van der Waals surface area (Å²) in [5, 5.41) is 8.49. The number of rotatable bonds is 2. The molecule has 0 amide bonds. The van der Waals surface area contributed by atoms with Crippen LogP contribution in [-0.4, -0.2) is 24.2 Å². The standard InChI is InChI=1S/C6H4Br2O2S.C5H2Br2O2S/c1-10-6(9)4-2-3(7)5(8)11-4;6-2-1-3(5(8)9)10-4(2)7/h2H,1H3;1H,(H,8,9). The van der Waals surface area contributed by atoms with Crippen LogP contribution in [0.4, 0.5) is 0 Å². The number of carbonyl (C=O) groups is 2. The Labute approximate surface area is 162 Å². The highest BCUT2D eigenvalue weighted by Gasteiger charge is 2.11. The Morgan fingerprint density at radius 2 is 1.43 bits per heavy atom. The number of carbonyl (C=O) groups excluding carboxylic acids is 1. The zero-order chi connectivity index (χ0) is 16.2. The minimum atomic E-state index is -0.892. The Kier molecular flexibility index (Phi) is 8.07. The molecular weight excluding hydrogens is 580 g/mol. The van der Waals surface area contributed by atoms with Gasteiger partial charge in [-0.2, -0.15) is 0 Å². The number of thiophene rings is 2. The highest BCUT2D eigenvalue weighted by Crippen LogP contribution is 2.33. The summed E-state index contributed by atoms with van der Waals surface area (Å²) < 4.78 is 7.91. The van der Waals surface area contributed by atoms with E-state index in [1.807, 2.05) is 0 Å². The van der Waals surface area contributed by atoms with E-state index in [1.54, 1.807) is 12.1 Å². The van der Waals surface area contributed by atoms with Gasteiger partial charge in [-0.05, 0) is 75.9 Å². The Morgan fingerprint density at radius 3 is 1.67 bits per heavy atom. The molecule has 0 aliphatic heterocycles. The van der Waals surface area contributed by atoms with E-state index in [0.29, 0.717) is 9.75 Å². The van der Waals surface area contributed by atoms with Crippen molar-refractivity contribution in [3.05, 3.63) is 38.4 Å². The zero-order valence-corrected chi connectivity index (χ0v) is 18.1. The lowest BCUT2D eigenvalue weighted by molar-refractivity contribution is 0.0605. The molecule has 2 aromatic heterocycles. The second-order valence-corrected chi connectivity index (χ2v) is 9.71. The first kappa shape index (κ1) is 19.3. The average Bonchev–Trinajstić information content (AvgIpc) is 2.94. The summed E-state index contributed by atoms with van der Waals surface area (Å²) in [6.45, 7) is 0. The molecule has 0 saturated heterocycles. The Balaban J connectivity index is 0.000000211. The fourth-order valence-corrected chi connectivity index (χ4v) is 4.83. The van der Waals surface area contributed by atoms with Gasteiger partial charge in [0.1, 0.15) is 9.75 Å². The molecule has 21 heavy (non-hydrogen) atoms. The van der Waals surface area contributed by atoms with Crippen molar-refractivity contribution in [2.45, 2.75) is 0 Å². The number of hydrogen-bond acceptors (Lipinski definition) is 5. The number of esters is 1. The fourth-order valence-electron chi connectivity index (χ4n) is 1.000. The van der Waals surface area contributed by atoms with Crippen molar-refractivity contribution in [1.82, 2.24) is 0 Å². The first-order valence-corrected chi connectivity index (χ1v) is 9.78. The summed E-state index contributed by atoms with van der Waals surface area (Å²) in [5.74, 6) is -1.20. The molecule has 2 heterocycles. The molecule has 2 aromatic rings. The Bertz CT molecular complexity index is 626. The molecule has 114 valence electrons. The van der Waals surface area contributed by atoms with E-state index in [-0.39, 0.29) is 5.97 Å². The van der Waals surface area contributed by atoms with Gasteiger partial charge in [-0.25, -0.2) is 9.59 Å². The molecule has 0 aromatic carbocycles. The lowest BCUT2D eigenvalue weighted by Crippen LogP contribution is -1.96. The highest BCUT2D eigenvalue weighted by molar-refractivity contribution is 9.13. The van der Waals surface area contributed by atoms with Gasteiger partial charge in [0, 0.05) is 8.95 Å². The summed E-state index contributed by atoms with van der Waals surface area (Å²) in [6.07, 6.45) is 0. The average molecular weight is 586 g/mol. The predicted octanol–water partition coefficient (Wildman–Crippen LogP) is 6.03. The molecular formula is C11H6Br4O4S2. The van der Waals surface area contributed by atoms with Crippen molar-refractivity contribution in [3.63, 3.8) is 0 Å². The smallest absolute Gasteiger partial charge is 0.348 e. The van der Waals surface area contributed by atoms with Crippen molar-refractivity contribution >= 4 is 98.3 Å². The normalized spacial score (nSPS) is 9.76. The maximum atomic E-state index is 10.9. The van der Waals surface area contributed by atoms with E-state index in [4.69, 9.17) is 5.11 Å². The monoisotopic (exact) mass is 582 g/mol. The van der Waals surface area contributed by atoms with Crippen LogP contribution < -0.4 is 0 Å². The molecule has 1 N–H and O–H groups in total. The third kappa shape index (κ3) is 5.76. The lowest BCUT2D eigenvalue weighted by Gasteiger charge is -1.90. The van der Waals surface area contributed by atoms with Gasteiger partial charge in [0.05, 0.1) is 14.7 Å². The van der Waals surface area contributed by atoms with Gasteiger partial charge in [-0.15, -0.1) is 22.7 Å². The highest BCUT2D eigenvalue weighted by atomic mass is 79.9. The fraction of sp³-hybridized carbons (Fsp3) is 0.0909. The summed E-state index contributed by atoms with van der Waals surface area (Å²) in [5.41, 5.74) is 0. The van der Waals surface area contributed by atoms with E-state index in [9.17, 15) is 9.59 Å².